The van der Waals surface area contributed by atoms with E-state index in [1.807, 2.05) is 42.5 Å². The molecule has 0 saturated carbocycles. The van der Waals surface area contributed by atoms with Crippen molar-refractivity contribution in [2.45, 2.75) is 45.3 Å². The maximum absolute atomic E-state index is 12.0. The van der Waals surface area contributed by atoms with Gasteiger partial charge in [0.15, 0.2) is 0 Å². The number of ether oxygens (including phenoxy) is 2. The first kappa shape index (κ1) is 22.4. The Kier molecular flexibility index (Phi) is 10.5. The van der Waals surface area contributed by atoms with Gasteiger partial charge in [-0.25, -0.2) is 9.59 Å². The van der Waals surface area contributed by atoms with Crippen LogP contribution in [0.25, 0.3) is 6.08 Å². The van der Waals surface area contributed by atoms with E-state index in [9.17, 15) is 19.5 Å². The van der Waals surface area contributed by atoms with Gasteiger partial charge in [0.05, 0.1) is 25.7 Å². The number of esters is 2. The molecule has 7 nitrogen and oxygen atoms in total. The van der Waals surface area contributed by atoms with E-state index in [2.05, 4.69) is 5.32 Å². The Balaban J connectivity index is 2.46. The predicted octanol–water partition coefficient (Wildman–Crippen LogP) is 1.84. The number of allylic oxidation sites excluding steroid dienone is 1. The molecule has 0 aliphatic rings. The lowest BCUT2D eigenvalue weighted by molar-refractivity contribution is -0.159. The van der Waals surface area contributed by atoms with Crippen molar-refractivity contribution in [1.82, 2.24) is 5.32 Å². The summed E-state index contributed by atoms with van der Waals surface area (Å²) in [7, 11) is 0. The number of aliphatic hydroxyl groups excluding tert-OH is 1. The molecule has 2 N–H and O–H groups in total. The summed E-state index contributed by atoms with van der Waals surface area (Å²) in [5.74, 6) is -2.39. The minimum atomic E-state index is -1.53. The summed E-state index contributed by atoms with van der Waals surface area (Å²) in [6.07, 6.45) is 3.69. The van der Waals surface area contributed by atoms with Crippen LogP contribution in [0.3, 0.4) is 0 Å². The molecule has 0 spiro atoms. The van der Waals surface area contributed by atoms with Crippen molar-refractivity contribution in [2.75, 3.05) is 13.2 Å². The van der Waals surface area contributed by atoms with E-state index >= 15 is 0 Å². The highest BCUT2D eigenvalue weighted by Gasteiger charge is 2.31. The number of amides is 1. The van der Waals surface area contributed by atoms with Crippen LogP contribution in [0.4, 0.5) is 0 Å². The van der Waals surface area contributed by atoms with Crippen LogP contribution in [0.5, 0.6) is 0 Å². The lowest BCUT2D eigenvalue weighted by Gasteiger charge is -2.17. The van der Waals surface area contributed by atoms with Crippen molar-refractivity contribution in [2.24, 2.45) is 0 Å². The average molecular weight is 377 g/mol. The topological polar surface area (TPSA) is 102 Å². The zero-order valence-corrected chi connectivity index (χ0v) is 15.7. The fourth-order valence-corrected chi connectivity index (χ4v) is 2.27. The molecule has 0 heterocycles. The second-order valence-corrected chi connectivity index (χ2v) is 5.75. The van der Waals surface area contributed by atoms with Crippen LogP contribution in [0.1, 0.15) is 38.7 Å². The zero-order chi connectivity index (χ0) is 20.1. The van der Waals surface area contributed by atoms with Crippen LogP contribution in [0, 0.1) is 0 Å². The molecule has 0 aromatic heterocycles. The number of hydrogen-bond donors (Lipinski definition) is 2. The van der Waals surface area contributed by atoms with E-state index < -0.39 is 30.0 Å². The van der Waals surface area contributed by atoms with Gasteiger partial charge in [-0.3, -0.25) is 4.79 Å². The van der Waals surface area contributed by atoms with Gasteiger partial charge >= 0.3 is 11.9 Å². The summed E-state index contributed by atoms with van der Waals surface area (Å²) in [6.45, 7) is 3.32. The second kappa shape index (κ2) is 12.6. The number of benzene rings is 1. The third-order valence-corrected chi connectivity index (χ3v) is 3.55. The minimum absolute atomic E-state index is 0.0704. The third-order valence-electron chi connectivity index (χ3n) is 3.55. The van der Waals surface area contributed by atoms with Crippen LogP contribution < -0.4 is 5.32 Å². The van der Waals surface area contributed by atoms with E-state index in [-0.39, 0.29) is 19.6 Å². The quantitative estimate of drug-likeness (QED) is 0.451. The Morgan fingerprint density at radius 2 is 1.67 bits per heavy atom. The Labute approximate surface area is 159 Å². The van der Waals surface area contributed by atoms with Crippen LogP contribution >= 0.6 is 0 Å². The molecule has 0 saturated heterocycles. The van der Waals surface area contributed by atoms with Crippen LogP contribution in [0.2, 0.25) is 0 Å². The van der Waals surface area contributed by atoms with E-state index in [1.165, 1.54) is 0 Å². The molecule has 27 heavy (non-hydrogen) atoms. The standard InChI is InChI=1S/C20H27NO6/c1-3-26-19(24)18(20(25)27-4-2)21-17(23)14-16(22)13-9-8-12-15-10-6-5-7-11-15/h5-8,10-12,16,18,22H,3-4,9,13-14H2,1-2H3,(H,21,23)/b12-8+. The highest BCUT2D eigenvalue weighted by atomic mass is 16.6. The SMILES string of the molecule is CCOC(=O)C(NC(=O)CC(O)CC/C=C/c1ccccc1)C(=O)OCC. The molecular formula is C20H27NO6. The van der Waals surface area contributed by atoms with Gasteiger partial charge < -0.3 is 19.9 Å². The zero-order valence-electron chi connectivity index (χ0n) is 15.7. The summed E-state index contributed by atoms with van der Waals surface area (Å²) in [5, 5.41) is 12.3. The minimum Gasteiger partial charge on any atom is -0.464 e. The molecule has 0 fully saturated rings. The molecule has 0 aliphatic carbocycles. The molecule has 1 amide bonds. The molecule has 7 heteroatoms. The number of rotatable bonds is 11. The highest BCUT2D eigenvalue weighted by Crippen LogP contribution is 2.07. The van der Waals surface area contributed by atoms with Gasteiger partial charge in [-0.2, -0.15) is 0 Å². The summed E-state index contributed by atoms with van der Waals surface area (Å²) in [4.78, 5) is 35.7. The van der Waals surface area contributed by atoms with Gasteiger partial charge in [0, 0.05) is 0 Å². The number of carbonyl (C=O) groups excluding carboxylic acids is 3. The summed E-state index contributed by atoms with van der Waals surface area (Å²) < 4.78 is 9.55. The normalized spacial score (nSPS) is 12.0. The van der Waals surface area contributed by atoms with Gasteiger partial charge in [0.25, 0.3) is 0 Å². The summed E-state index contributed by atoms with van der Waals surface area (Å²) in [6, 6.07) is 8.20. The van der Waals surface area contributed by atoms with Crippen molar-refractivity contribution in [3.8, 4) is 0 Å². The van der Waals surface area contributed by atoms with Gasteiger partial charge in [0.1, 0.15) is 0 Å². The van der Waals surface area contributed by atoms with Gasteiger partial charge in [-0.1, -0.05) is 42.5 Å². The molecular weight excluding hydrogens is 350 g/mol. The second-order valence-electron chi connectivity index (χ2n) is 5.75. The lowest BCUT2D eigenvalue weighted by atomic mass is 10.1. The highest BCUT2D eigenvalue weighted by molar-refractivity contribution is 6.02. The van der Waals surface area contributed by atoms with Crippen molar-refractivity contribution >= 4 is 23.9 Å². The molecule has 1 rings (SSSR count). The van der Waals surface area contributed by atoms with Crippen molar-refractivity contribution in [3.05, 3.63) is 42.0 Å². The molecule has 0 radical (unpaired) electrons. The van der Waals surface area contributed by atoms with Crippen molar-refractivity contribution < 1.29 is 29.0 Å². The first-order valence-corrected chi connectivity index (χ1v) is 9.00. The fraction of sp³-hybridized carbons (Fsp3) is 0.450. The molecule has 148 valence electrons. The van der Waals surface area contributed by atoms with Crippen LogP contribution in [-0.2, 0) is 23.9 Å². The lowest BCUT2D eigenvalue weighted by Crippen LogP contribution is -2.48. The molecule has 0 aliphatic heterocycles. The van der Waals surface area contributed by atoms with E-state index in [4.69, 9.17) is 9.47 Å². The molecule has 1 aromatic carbocycles. The number of nitrogens with one attached hydrogen (secondary N) is 1. The number of carbonyl (C=O) groups is 3. The van der Waals surface area contributed by atoms with Crippen molar-refractivity contribution in [1.29, 1.82) is 0 Å². The van der Waals surface area contributed by atoms with Crippen LogP contribution in [-0.4, -0.2) is 48.3 Å². The van der Waals surface area contributed by atoms with Gasteiger partial charge in [-0.05, 0) is 32.3 Å². The first-order chi connectivity index (χ1) is 13.0. The van der Waals surface area contributed by atoms with Gasteiger partial charge in [-0.15, -0.1) is 0 Å². The average Bonchev–Trinajstić information content (AvgIpc) is 2.64. The fourth-order valence-electron chi connectivity index (χ4n) is 2.27. The molecule has 1 aromatic rings. The maximum Gasteiger partial charge on any atom is 0.340 e. The third kappa shape index (κ3) is 9.01. The largest absolute Gasteiger partial charge is 0.464 e. The first-order valence-electron chi connectivity index (χ1n) is 9.00. The summed E-state index contributed by atoms with van der Waals surface area (Å²) >= 11 is 0. The summed E-state index contributed by atoms with van der Waals surface area (Å²) in [5.41, 5.74) is 1.05. The van der Waals surface area contributed by atoms with Crippen molar-refractivity contribution in [3.63, 3.8) is 0 Å². The molecule has 1 unspecified atom stereocenters. The monoisotopic (exact) mass is 377 g/mol. The smallest absolute Gasteiger partial charge is 0.340 e. The van der Waals surface area contributed by atoms with Crippen LogP contribution in [0.15, 0.2) is 36.4 Å². The van der Waals surface area contributed by atoms with E-state index in [1.54, 1.807) is 13.8 Å². The van der Waals surface area contributed by atoms with Gasteiger partial charge in [0.2, 0.25) is 11.9 Å². The maximum atomic E-state index is 12.0. The predicted molar refractivity (Wildman–Crippen MR) is 101 cm³/mol. The Morgan fingerprint density at radius 3 is 2.22 bits per heavy atom. The Morgan fingerprint density at radius 1 is 1.07 bits per heavy atom. The Bertz CT molecular complexity index is 611. The molecule has 0 bridgehead atoms. The number of aliphatic hydroxyl groups is 1. The van der Waals surface area contributed by atoms with E-state index in [0.717, 1.165) is 5.56 Å². The Hall–Kier alpha value is -2.67. The van der Waals surface area contributed by atoms with E-state index in [0.29, 0.717) is 12.8 Å². The number of hydrogen-bond acceptors (Lipinski definition) is 6. The molecule has 1 atom stereocenters.